The van der Waals surface area contributed by atoms with E-state index in [1.807, 2.05) is 6.07 Å². The number of piperidine rings is 1. The summed E-state index contributed by atoms with van der Waals surface area (Å²) in [6.45, 7) is 0.892. The minimum absolute atomic E-state index is 0.141. The molecule has 3 aliphatic rings. The molecule has 0 aromatic heterocycles. The van der Waals surface area contributed by atoms with Gasteiger partial charge in [-0.1, -0.05) is 6.07 Å². The zero-order chi connectivity index (χ0) is 25.0. The highest BCUT2D eigenvalue weighted by Gasteiger charge is 2.56. The molecule has 4 atom stereocenters. The van der Waals surface area contributed by atoms with E-state index in [9.17, 15) is 18.3 Å². The molecule has 1 saturated heterocycles. The number of aromatic hydroxyl groups is 1. The predicted molar refractivity (Wildman–Crippen MR) is 125 cm³/mol. The molecule has 2 aromatic rings. The summed E-state index contributed by atoms with van der Waals surface area (Å²) < 4.78 is 52.8. The summed E-state index contributed by atoms with van der Waals surface area (Å²) in [5.74, 6) is 1.30. The predicted octanol–water partition coefficient (Wildman–Crippen LogP) is 4.83. The molecule has 2 aromatic carbocycles. The van der Waals surface area contributed by atoms with Crippen LogP contribution in [0, 0.1) is 5.92 Å². The fourth-order valence-corrected chi connectivity index (χ4v) is 6.31. The van der Waals surface area contributed by atoms with Gasteiger partial charge in [-0.2, -0.15) is 0 Å². The Kier molecular flexibility index (Phi) is 5.78. The number of nitrogens with zero attached hydrogens (tertiary/aromatic N) is 1. The van der Waals surface area contributed by atoms with Crippen molar-refractivity contribution in [2.24, 2.45) is 5.92 Å². The van der Waals surface area contributed by atoms with Crippen LogP contribution in [0.3, 0.4) is 0 Å². The van der Waals surface area contributed by atoms with Gasteiger partial charge >= 0.3 is 6.36 Å². The van der Waals surface area contributed by atoms with E-state index < -0.39 is 6.36 Å². The molecule has 2 aliphatic carbocycles. The molecule has 188 valence electrons. The summed E-state index contributed by atoms with van der Waals surface area (Å²) >= 11 is 0. The van der Waals surface area contributed by atoms with Gasteiger partial charge in [-0.3, -0.25) is 0 Å². The minimum atomic E-state index is -4.74. The van der Waals surface area contributed by atoms with Gasteiger partial charge in [0, 0.05) is 28.6 Å². The van der Waals surface area contributed by atoms with E-state index in [4.69, 9.17) is 9.47 Å². The van der Waals surface area contributed by atoms with Crippen molar-refractivity contribution >= 4 is 5.69 Å². The van der Waals surface area contributed by atoms with Crippen LogP contribution in [0.25, 0.3) is 0 Å². The fourth-order valence-electron chi connectivity index (χ4n) is 6.31. The third-order valence-electron chi connectivity index (χ3n) is 7.82. The van der Waals surface area contributed by atoms with Crippen LogP contribution >= 0.6 is 0 Å². The zero-order valence-electron chi connectivity index (χ0n) is 19.9. The van der Waals surface area contributed by atoms with E-state index in [1.165, 1.54) is 12.1 Å². The van der Waals surface area contributed by atoms with Crippen molar-refractivity contribution in [3.8, 4) is 17.2 Å². The number of anilines is 1. The summed E-state index contributed by atoms with van der Waals surface area (Å²) in [5.41, 5.74) is 2.39. The van der Waals surface area contributed by atoms with E-state index in [2.05, 4.69) is 34.1 Å². The first-order chi connectivity index (χ1) is 16.6. The molecule has 5 rings (SSSR count). The number of halogens is 3. The average Bonchev–Trinajstić information content (AvgIpc) is 2.81. The Morgan fingerprint density at radius 1 is 1.09 bits per heavy atom. The Balaban J connectivity index is 1.52. The highest BCUT2D eigenvalue weighted by Crippen LogP contribution is 2.58. The quantitative estimate of drug-likeness (QED) is 0.626. The number of fused-ring (bicyclic) bond motifs is 1. The number of likely N-dealkylation sites (N-methyl/N-ethyl adjacent to an activating group) is 1. The second kappa shape index (κ2) is 8.55. The summed E-state index contributed by atoms with van der Waals surface area (Å²) in [6, 6.07) is 9.61. The number of likely N-dealkylation sites (tertiary alicyclic amines) is 1. The number of hydrogen-bond acceptors (Lipinski definition) is 6. The number of nitrogens with one attached hydrogen (secondary N) is 1. The summed E-state index contributed by atoms with van der Waals surface area (Å²) in [7, 11) is 5.32. The molecule has 0 radical (unpaired) electrons. The maximum atomic E-state index is 12.5. The van der Waals surface area contributed by atoms with Crippen LogP contribution in [-0.4, -0.2) is 56.3 Å². The number of phenolic OH excluding ortho intramolecular Hbond substituents is 1. The second-order valence-corrected chi connectivity index (χ2v) is 9.58. The molecule has 1 fully saturated rings. The van der Waals surface area contributed by atoms with Crippen molar-refractivity contribution < 1.29 is 32.5 Å². The number of alkyl halides is 3. The Labute approximate surface area is 202 Å². The number of methoxy groups -OCH3 is 2. The van der Waals surface area contributed by atoms with Crippen LogP contribution in [0.5, 0.6) is 17.2 Å². The lowest BCUT2D eigenvalue weighted by atomic mass is 9.53. The Hall–Kier alpha value is -3.07. The van der Waals surface area contributed by atoms with Gasteiger partial charge < -0.3 is 29.5 Å². The molecule has 1 heterocycles. The number of phenols is 1. The van der Waals surface area contributed by atoms with Crippen molar-refractivity contribution in [3.63, 3.8) is 0 Å². The summed E-state index contributed by atoms with van der Waals surface area (Å²) in [4.78, 5) is 2.38. The SMILES string of the molecule is COC1=C[C@@H]2[C@@H]3Cc4ccc(OC)c(O)c4[C@]2(CCN3C)CC1Nc1ccc(OC(F)(F)F)cc1. The Bertz CT molecular complexity index is 1130. The maximum Gasteiger partial charge on any atom is 0.573 e. The van der Waals surface area contributed by atoms with Crippen LogP contribution in [-0.2, 0) is 16.6 Å². The number of rotatable bonds is 5. The largest absolute Gasteiger partial charge is 0.573 e. The number of benzene rings is 2. The molecule has 0 spiro atoms. The molecule has 1 unspecified atom stereocenters. The molecular weight excluding hydrogens is 461 g/mol. The van der Waals surface area contributed by atoms with E-state index in [1.54, 1.807) is 26.4 Å². The first-order valence-corrected chi connectivity index (χ1v) is 11.6. The van der Waals surface area contributed by atoms with Crippen molar-refractivity contribution in [2.75, 3.05) is 33.1 Å². The Morgan fingerprint density at radius 2 is 1.83 bits per heavy atom. The molecule has 2 bridgehead atoms. The Morgan fingerprint density at radius 3 is 2.49 bits per heavy atom. The number of hydrogen-bond donors (Lipinski definition) is 2. The van der Waals surface area contributed by atoms with Gasteiger partial charge in [-0.15, -0.1) is 13.2 Å². The van der Waals surface area contributed by atoms with Crippen LogP contribution in [0.15, 0.2) is 48.2 Å². The highest BCUT2D eigenvalue weighted by molar-refractivity contribution is 5.58. The standard InChI is InChI=1S/C26H29F3N2O4/c1-31-11-10-25-14-19(30-16-5-7-17(8-6-16)35-26(27,28)29)22(34-3)13-18(25)20(31)12-15-4-9-21(33-2)24(32)23(15)25/h4-9,13,18-20,30,32H,10-12,14H2,1-3H3/t18-,19?,20+,25-/m1/s1. The molecule has 6 nitrogen and oxygen atoms in total. The van der Waals surface area contributed by atoms with Gasteiger partial charge in [-0.05, 0) is 74.8 Å². The average molecular weight is 491 g/mol. The summed E-state index contributed by atoms with van der Waals surface area (Å²) in [5, 5.41) is 14.7. The van der Waals surface area contributed by atoms with Crippen molar-refractivity contribution in [2.45, 2.75) is 43.1 Å². The molecular formula is C26H29F3N2O4. The second-order valence-electron chi connectivity index (χ2n) is 9.58. The van der Waals surface area contributed by atoms with Crippen molar-refractivity contribution in [1.82, 2.24) is 4.90 Å². The highest BCUT2D eigenvalue weighted by atomic mass is 19.4. The molecule has 2 N–H and O–H groups in total. The van der Waals surface area contributed by atoms with Gasteiger partial charge in [-0.25, -0.2) is 0 Å². The summed E-state index contributed by atoms with van der Waals surface area (Å²) in [6.07, 6.45) is -0.230. The lowest BCUT2D eigenvalue weighted by molar-refractivity contribution is -0.274. The topological polar surface area (TPSA) is 63.2 Å². The van der Waals surface area contributed by atoms with Gasteiger partial charge in [0.1, 0.15) is 11.5 Å². The first-order valence-electron chi connectivity index (χ1n) is 11.6. The van der Waals surface area contributed by atoms with Crippen LogP contribution in [0.1, 0.15) is 24.0 Å². The lowest BCUT2D eigenvalue weighted by Crippen LogP contribution is -2.61. The molecule has 0 amide bonds. The van der Waals surface area contributed by atoms with Gasteiger partial charge in [0.2, 0.25) is 0 Å². The monoisotopic (exact) mass is 490 g/mol. The first kappa shape index (κ1) is 23.7. The van der Waals surface area contributed by atoms with E-state index in [-0.39, 0.29) is 34.9 Å². The van der Waals surface area contributed by atoms with Crippen LogP contribution < -0.4 is 14.8 Å². The smallest absolute Gasteiger partial charge is 0.504 e. The van der Waals surface area contributed by atoms with Gasteiger partial charge in [0.15, 0.2) is 11.5 Å². The van der Waals surface area contributed by atoms with Gasteiger partial charge in [0.05, 0.1) is 20.3 Å². The van der Waals surface area contributed by atoms with Crippen LogP contribution in [0.4, 0.5) is 18.9 Å². The van der Waals surface area contributed by atoms with Crippen molar-refractivity contribution in [3.05, 3.63) is 59.4 Å². The third kappa shape index (κ3) is 4.05. The molecule has 1 aliphatic heterocycles. The maximum absolute atomic E-state index is 12.5. The third-order valence-corrected chi connectivity index (χ3v) is 7.82. The van der Waals surface area contributed by atoms with E-state index >= 15 is 0 Å². The molecule has 9 heteroatoms. The molecule has 35 heavy (non-hydrogen) atoms. The van der Waals surface area contributed by atoms with Crippen molar-refractivity contribution in [1.29, 1.82) is 0 Å². The van der Waals surface area contributed by atoms with Crippen LogP contribution in [0.2, 0.25) is 0 Å². The molecule has 0 saturated carbocycles. The fraction of sp³-hybridized carbons (Fsp3) is 0.462. The van der Waals surface area contributed by atoms with E-state index in [0.29, 0.717) is 17.9 Å². The lowest BCUT2D eigenvalue weighted by Gasteiger charge is -2.58. The van der Waals surface area contributed by atoms with E-state index in [0.717, 1.165) is 36.3 Å². The van der Waals surface area contributed by atoms with Gasteiger partial charge in [0.25, 0.3) is 0 Å². The number of ether oxygens (including phenoxy) is 3. The normalized spacial score (nSPS) is 27.8. The minimum Gasteiger partial charge on any atom is -0.504 e. The zero-order valence-corrected chi connectivity index (χ0v) is 19.9.